The molecule has 0 bridgehead atoms. The first-order valence-corrected chi connectivity index (χ1v) is 4.98. The number of nitriles is 1. The van der Waals surface area contributed by atoms with Crippen LogP contribution in [0.3, 0.4) is 0 Å². The number of carbonyl (C=O) groups is 2. The van der Waals surface area contributed by atoms with E-state index in [0.29, 0.717) is 11.3 Å². The lowest BCUT2D eigenvalue weighted by Crippen LogP contribution is -2.51. The molecule has 1 aliphatic heterocycles. The Bertz CT molecular complexity index is 517. The highest BCUT2D eigenvalue weighted by Crippen LogP contribution is 2.26. The van der Waals surface area contributed by atoms with Gasteiger partial charge in [-0.3, -0.25) is 14.9 Å². The van der Waals surface area contributed by atoms with Crippen molar-refractivity contribution in [1.29, 1.82) is 5.26 Å². The van der Waals surface area contributed by atoms with Gasteiger partial charge in [-0.2, -0.15) is 5.26 Å². The summed E-state index contributed by atoms with van der Waals surface area (Å²) in [5.74, 6) is -0.744. The summed E-state index contributed by atoms with van der Waals surface area (Å²) in [6, 6.07) is 6.90. The monoisotopic (exact) mass is 230 g/mol. The Morgan fingerprint density at radius 3 is 2.53 bits per heavy atom. The average Bonchev–Trinajstić information content (AvgIpc) is 2.28. The number of hydrogen-bond acceptors (Lipinski definition) is 5. The lowest BCUT2D eigenvalue weighted by Gasteiger charge is -2.28. The molecule has 1 fully saturated rings. The number of piperazine rings is 1. The van der Waals surface area contributed by atoms with Crippen molar-refractivity contribution >= 4 is 23.2 Å². The fourth-order valence-electron chi connectivity index (χ4n) is 1.73. The van der Waals surface area contributed by atoms with Crippen LogP contribution < -0.4 is 16.0 Å². The first-order valence-electron chi connectivity index (χ1n) is 4.98. The second-order valence-corrected chi connectivity index (χ2v) is 3.68. The molecule has 1 heterocycles. The fraction of sp³-hybridized carbons (Fsp3) is 0.182. The third-order valence-corrected chi connectivity index (χ3v) is 2.49. The molecular formula is C11H10N4O2. The van der Waals surface area contributed by atoms with Crippen LogP contribution in [-0.2, 0) is 9.59 Å². The van der Waals surface area contributed by atoms with E-state index in [0.717, 1.165) is 0 Å². The van der Waals surface area contributed by atoms with Crippen LogP contribution in [0.4, 0.5) is 11.4 Å². The fourth-order valence-corrected chi connectivity index (χ4v) is 1.73. The van der Waals surface area contributed by atoms with Gasteiger partial charge in [-0.25, -0.2) is 0 Å². The maximum absolute atomic E-state index is 11.2. The minimum atomic E-state index is -0.372. The molecule has 0 radical (unpaired) electrons. The van der Waals surface area contributed by atoms with Crippen molar-refractivity contribution in [2.75, 3.05) is 23.7 Å². The molecule has 1 saturated heterocycles. The van der Waals surface area contributed by atoms with Crippen molar-refractivity contribution in [2.45, 2.75) is 0 Å². The molecule has 0 aliphatic carbocycles. The zero-order valence-electron chi connectivity index (χ0n) is 8.93. The Labute approximate surface area is 97.6 Å². The number of benzene rings is 1. The first kappa shape index (κ1) is 11.0. The predicted molar refractivity (Wildman–Crippen MR) is 60.9 cm³/mol. The lowest BCUT2D eigenvalue weighted by atomic mass is 10.1. The van der Waals surface area contributed by atoms with Gasteiger partial charge < -0.3 is 10.6 Å². The number of nitrogen functional groups attached to an aromatic ring is 1. The minimum Gasteiger partial charge on any atom is -0.396 e. The number of imide groups is 1. The third kappa shape index (κ3) is 2.03. The van der Waals surface area contributed by atoms with Crippen LogP contribution in [0.5, 0.6) is 0 Å². The molecular weight excluding hydrogens is 220 g/mol. The van der Waals surface area contributed by atoms with Crippen molar-refractivity contribution in [3.63, 3.8) is 0 Å². The molecule has 0 atom stereocenters. The maximum atomic E-state index is 11.2. The summed E-state index contributed by atoms with van der Waals surface area (Å²) < 4.78 is 0. The smallest absolute Gasteiger partial charge is 0.246 e. The topological polar surface area (TPSA) is 99.2 Å². The van der Waals surface area contributed by atoms with Crippen LogP contribution >= 0.6 is 0 Å². The molecule has 2 rings (SSSR count). The number of nitrogens with zero attached hydrogens (tertiary/aromatic N) is 2. The molecule has 1 aliphatic rings. The van der Waals surface area contributed by atoms with Gasteiger partial charge in [0, 0.05) is 0 Å². The van der Waals surface area contributed by atoms with Crippen molar-refractivity contribution in [2.24, 2.45) is 0 Å². The van der Waals surface area contributed by atoms with Gasteiger partial charge in [-0.15, -0.1) is 0 Å². The van der Waals surface area contributed by atoms with E-state index in [4.69, 9.17) is 11.0 Å². The van der Waals surface area contributed by atoms with Gasteiger partial charge in [0.1, 0.15) is 6.07 Å². The summed E-state index contributed by atoms with van der Waals surface area (Å²) in [6.07, 6.45) is 0. The highest BCUT2D eigenvalue weighted by molar-refractivity contribution is 6.03. The van der Waals surface area contributed by atoms with Crippen LogP contribution in [0.25, 0.3) is 0 Å². The Balaban J connectivity index is 2.37. The van der Waals surface area contributed by atoms with Gasteiger partial charge in [0.15, 0.2) is 0 Å². The van der Waals surface area contributed by atoms with Gasteiger partial charge >= 0.3 is 0 Å². The van der Waals surface area contributed by atoms with Crippen LogP contribution in [0, 0.1) is 11.3 Å². The quantitative estimate of drug-likeness (QED) is 0.505. The highest BCUT2D eigenvalue weighted by atomic mass is 16.2. The summed E-state index contributed by atoms with van der Waals surface area (Å²) in [5, 5.41) is 11.1. The summed E-state index contributed by atoms with van der Waals surface area (Å²) in [4.78, 5) is 24.0. The zero-order valence-corrected chi connectivity index (χ0v) is 8.93. The van der Waals surface area contributed by atoms with E-state index in [-0.39, 0.29) is 30.6 Å². The first-order chi connectivity index (χ1) is 8.11. The molecule has 3 N–H and O–H groups in total. The number of para-hydroxylation sites is 1. The Morgan fingerprint density at radius 2 is 1.94 bits per heavy atom. The van der Waals surface area contributed by atoms with Crippen LogP contribution in [0.2, 0.25) is 0 Å². The molecule has 2 amide bonds. The highest BCUT2D eigenvalue weighted by Gasteiger charge is 2.24. The minimum absolute atomic E-state index is 0.0603. The van der Waals surface area contributed by atoms with E-state index in [1.165, 1.54) is 0 Å². The molecule has 86 valence electrons. The van der Waals surface area contributed by atoms with Crippen LogP contribution in [0.15, 0.2) is 18.2 Å². The second kappa shape index (κ2) is 4.14. The summed E-state index contributed by atoms with van der Waals surface area (Å²) in [6.45, 7) is 0.121. The Kier molecular flexibility index (Phi) is 2.66. The van der Waals surface area contributed by atoms with Gasteiger partial charge in [0.2, 0.25) is 11.8 Å². The van der Waals surface area contributed by atoms with Gasteiger partial charge in [-0.1, -0.05) is 6.07 Å². The van der Waals surface area contributed by atoms with E-state index in [2.05, 4.69) is 5.32 Å². The molecule has 0 unspecified atom stereocenters. The van der Waals surface area contributed by atoms with Gasteiger partial charge in [-0.05, 0) is 12.1 Å². The summed E-state index contributed by atoms with van der Waals surface area (Å²) in [7, 11) is 0. The Morgan fingerprint density at radius 1 is 1.29 bits per heavy atom. The van der Waals surface area contributed by atoms with E-state index in [1.54, 1.807) is 23.1 Å². The predicted octanol–water partition coefficient (Wildman–Crippen LogP) is -0.397. The number of amides is 2. The number of hydrogen-bond donors (Lipinski definition) is 2. The zero-order chi connectivity index (χ0) is 12.4. The van der Waals surface area contributed by atoms with E-state index >= 15 is 0 Å². The van der Waals surface area contributed by atoms with Crippen molar-refractivity contribution in [3.8, 4) is 6.07 Å². The summed E-state index contributed by atoms with van der Waals surface area (Å²) in [5.41, 5.74) is 6.97. The lowest BCUT2D eigenvalue weighted by molar-refractivity contribution is -0.130. The van der Waals surface area contributed by atoms with Gasteiger partial charge in [0.25, 0.3) is 0 Å². The maximum Gasteiger partial charge on any atom is 0.246 e. The molecule has 6 heteroatoms. The number of nitrogens with one attached hydrogen (secondary N) is 1. The molecule has 0 saturated carbocycles. The number of rotatable bonds is 1. The molecule has 0 aromatic heterocycles. The van der Waals surface area contributed by atoms with Crippen LogP contribution in [0.1, 0.15) is 5.56 Å². The summed E-state index contributed by atoms with van der Waals surface area (Å²) >= 11 is 0. The average molecular weight is 230 g/mol. The normalized spacial score (nSPS) is 15.4. The number of carbonyl (C=O) groups excluding carboxylic acids is 2. The second-order valence-electron chi connectivity index (χ2n) is 3.68. The van der Waals surface area contributed by atoms with E-state index < -0.39 is 0 Å². The SMILES string of the molecule is N#Cc1cccc(N2CC(=O)NC(=O)C2)c1N. The largest absolute Gasteiger partial charge is 0.396 e. The van der Waals surface area contributed by atoms with E-state index in [1.807, 2.05) is 6.07 Å². The van der Waals surface area contributed by atoms with Crippen molar-refractivity contribution in [1.82, 2.24) is 5.32 Å². The van der Waals surface area contributed by atoms with E-state index in [9.17, 15) is 9.59 Å². The number of nitrogens with two attached hydrogens (primary N) is 1. The molecule has 17 heavy (non-hydrogen) atoms. The molecule has 1 aromatic rings. The molecule has 6 nitrogen and oxygen atoms in total. The van der Waals surface area contributed by atoms with Crippen molar-refractivity contribution < 1.29 is 9.59 Å². The van der Waals surface area contributed by atoms with Gasteiger partial charge in [0.05, 0.1) is 30.0 Å². The number of anilines is 2. The standard InChI is InChI=1S/C11H10N4O2/c12-4-7-2-1-3-8(11(7)13)15-5-9(16)14-10(17)6-15/h1-3H,5-6,13H2,(H,14,16,17). The Hall–Kier alpha value is -2.55. The third-order valence-electron chi connectivity index (χ3n) is 2.49. The molecule has 0 spiro atoms. The molecule has 1 aromatic carbocycles. The van der Waals surface area contributed by atoms with Crippen LogP contribution in [-0.4, -0.2) is 24.9 Å². The van der Waals surface area contributed by atoms with Crippen molar-refractivity contribution in [3.05, 3.63) is 23.8 Å².